The minimum Gasteiger partial charge on any atom is -0.193 e. The fourth-order valence-corrected chi connectivity index (χ4v) is 2.76. The first-order valence-corrected chi connectivity index (χ1v) is 6.35. The van der Waals surface area contributed by atoms with Crippen molar-refractivity contribution in [3.8, 4) is 6.07 Å². The van der Waals surface area contributed by atoms with Crippen molar-refractivity contribution in [2.24, 2.45) is 0 Å². The van der Waals surface area contributed by atoms with Gasteiger partial charge in [-0.15, -0.1) is 11.3 Å². The Morgan fingerprint density at radius 2 is 2.27 bits per heavy atom. The third kappa shape index (κ3) is 2.84. The molecule has 1 rings (SSSR count). The fraction of sp³-hybridized carbons (Fsp3) is 0.417. The molecular weight excluding hydrogens is 226 g/mol. The lowest BCUT2D eigenvalue weighted by Gasteiger charge is -2.02. The minimum atomic E-state index is 0.645. The molecule has 1 heterocycles. The number of nitrogens with zero attached hydrogens (tertiary/aromatic N) is 1. The molecule has 0 aliphatic heterocycles. The monoisotopic (exact) mass is 239 g/mol. The van der Waals surface area contributed by atoms with Crippen LogP contribution in [-0.2, 0) is 6.42 Å². The Balaban J connectivity index is 3.11. The maximum atomic E-state index is 9.00. The van der Waals surface area contributed by atoms with Crippen LogP contribution in [0.1, 0.15) is 37.1 Å². The third-order valence-corrected chi connectivity index (χ3v) is 3.73. The molecule has 0 spiro atoms. The van der Waals surface area contributed by atoms with Crippen LogP contribution in [0.15, 0.2) is 17.0 Å². The second-order valence-electron chi connectivity index (χ2n) is 3.28. The Morgan fingerprint density at radius 1 is 1.53 bits per heavy atom. The topological polar surface area (TPSA) is 23.8 Å². The highest BCUT2D eigenvalue weighted by Crippen LogP contribution is 2.32. The van der Waals surface area contributed by atoms with Crippen molar-refractivity contribution in [1.82, 2.24) is 0 Å². The van der Waals surface area contributed by atoms with Gasteiger partial charge in [0.25, 0.3) is 0 Å². The van der Waals surface area contributed by atoms with Gasteiger partial charge in [-0.05, 0) is 29.9 Å². The smallest absolute Gasteiger partial charge is 0.0963 e. The van der Waals surface area contributed by atoms with Crippen LogP contribution in [-0.4, -0.2) is 0 Å². The average Bonchev–Trinajstić information content (AvgIpc) is 2.72. The van der Waals surface area contributed by atoms with E-state index in [-0.39, 0.29) is 0 Å². The maximum absolute atomic E-state index is 9.00. The van der Waals surface area contributed by atoms with Gasteiger partial charge in [0.2, 0.25) is 0 Å². The Labute approximate surface area is 100.0 Å². The summed E-state index contributed by atoms with van der Waals surface area (Å²) in [7, 11) is 0. The van der Waals surface area contributed by atoms with Gasteiger partial charge in [-0.1, -0.05) is 31.9 Å². The summed E-state index contributed by atoms with van der Waals surface area (Å²) in [6.45, 7) is 4.15. The van der Waals surface area contributed by atoms with Gasteiger partial charge in [-0.3, -0.25) is 0 Å². The van der Waals surface area contributed by atoms with E-state index in [1.165, 1.54) is 5.56 Å². The number of hydrogen-bond acceptors (Lipinski definition) is 2. The number of nitriles is 1. The lowest BCUT2D eigenvalue weighted by molar-refractivity contribution is 0.933. The second kappa shape index (κ2) is 5.95. The molecule has 0 aromatic carbocycles. The molecule has 80 valence electrons. The number of allylic oxidation sites excluding steroid dienone is 1. The van der Waals surface area contributed by atoms with Gasteiger partial charge < -0.3 is 0 Å². The van der Waals surface area contributed by atoms with Crippen molar-refractivity contribution in [3.63, 3.8) is 0 Å². The second-order valence-corrected chi connectivity index (χ2v) is 4.58. The van der Waals surface area contributed by atoms with Gasteiger partial charge in [0.05, 0.1) is 11.1 Å². The molecule has 3 heteroatoms. The van der Waals surface area contributed by atoms with Crippen molar-refractivity contribution in [1.29, 1.82) is 5.26 Å². The van der Waals surface area contributed by atoms with Crippen molar-refractivity contribution < 1.29 is 0 Å². The zero-order valence-corrected chi connectivity index (χ0v) is 10.6. The Kier molecular flexibility index (Phi) is 4.87. The van der Waals surface area contributed by atoms with Crippen LogP contribution < -0.4 is 0 Å². The number of rotatable bonds is 4. The van der Waals surface area contributed by atoms with E-state index < -0.39 is 0 Å². The van der Waals surface area contributed by atoms with E-state index in [4.69, 9.17) is 16.9 Å². The predicted octanol–water partition coefficient (Wildman–Crippen LogP) is 4.58. The third-order valence-electron chi connectivity index (χ3n) is 2.23. The molecule has 1 aromatic heterocycles. The van der Waals surface area contributed by atoms with Crippen molar-refractivity contribution in [2.75, 3.05) is 0 Å². The van der Waals surface area contributed by atoms with Crippen molar-refractivity contribution >= 4 is 28.0 Å². The lowest BCUT2D eigenvalue weighted by Crippen LogP contribution is -1.86. The van der Waals surface area contributed by atoms with Crippen LogP contribution in [0.4, 0.5) is 0 Å². The first-order chi connectivity index (χ1) is 7.24. The van der Waals surface area contributed by atoms with Gasteiger partial charge in [-0.25, -0.2) is 0 Å². The number of halogens is 1. The normalized spacial score (nSPS) is 12.1. The van der Waals surface area contributed by atoms with Gasteiger partial charge in [-0.2, -0.15) is 5.26 Å². The molecule has 0 amide bonds. The van der Waals surface area contributed by atoms with Gasteiger partial charge in [0.15, 0.2) is 0 Å². The standard InChI is InChI=1S/C12H14ClNS/c1-3-5-10(8-14)11(13)12-9(4-2)6-7-15-12/h6-7H,3-5H2,1-2H3. The molecule has 0 unspecified atom stereocenters. The molecule has 0 radical (unpaired) electrons. The summed E-state index contributed by atoms with van der Waals surface area (Å²) in [5.41, 5.74) is 1.94. The zero-order chi connectivity index (χ0) is 11.3. The van der Waals surface area contributed by atoms with Crippen LogP contribution in [0.3, 0.4) is 0 Å². The molecule has 0 N–H and O–H groups in total. The lowest BCUT2D eigenvalue weighted by atomic mass is 10.1. The molecule has 1 aromatic rings. The summed E-state index contributed by atoms with van der Waals surface area (Å²) in [5.74, 6) is 0. The summed E-state index contributed by atoms with van der Waals surface area (Å²) >= 11 is 7.85. The van der Waals surface area contributed by atoms with E-state index in [2.05, 4.69) is 26.0 Å². The molecule has 0 fully saturated rings. The van der Waals surface area contributed by atoms with Crippen molar-refractivity contribution in [3.05, 3.63) is 27.5 Å². The van der Waals surface area contributed by atoms with Crippen LogP contribution in [0.5, 0.6) is 0 Å². The van der Waals surface area contributed by atoms with Crippen LogP contribution in [0.2, 0.25) is 0 Å². The van der Waals surface area contributed by atoms with E-state index in [0.29, 0.717) is 10.6 Å². The van der Waals surface area contributed by atoms with E-state index in [0.717, 1.165) is 24.1 Å². The molecule has 0 bridgehead atoms. The van der Waals surface area contributed by atoms with Crippen molar-refractivity contribution in [2.45, 2.75) is 33.1 Å². The largest absolute Gasteiger partial charge is 0.193 e. The predicted molar refractivity (Wildman–Crippen MR) is 67.0 cm³/mol. The van der Waals surface area contributed by atoms with E-state index in [1.54, 1.807) is 11.3 Å². The summed E-state index contributed by atoms with van der Waals surface area (Å²) < 4.78 is 0. The molecule has 0 saturated carbocycles. The van der Waals surface area contributed by atoms with Gasteiger partial charge in [0, 0.05) is 10.5 Å². The molecule has 0 saturated heterocycles. The first kappa shape index (κ1) is 12.3. The average molecular weight is 240 g/mol. The number of aryl methyl sites for hydroxylation is 1. The Morgan fingerprint density at radius 3 is 2.80 bits per heavy atom. The van der Waals surface area contributed by atoms with E-state index in [9.17, 15) is 0 Å². The molecule has 1 nitrogen and oxygen atoms in total. The molecule has 0 aliphatic carbocycles. The summed E-state index contributed by atoms with van der Waals surface area (Å²) in [5, 5.41) is 11.7. The SMILES string of the molecule is CCCC(C#N)=C(Cl)c1sccc1CC. The molecule has 0 atom stereocenters. The van der Waals surface area contributed by atoms with Gasteiger partial charge >= 0.3 is 0 Å². The fourth-order valence-electron chi connectivity index (χ4n) is 1.41. The van der Waals surface area contributed by atoms with E-state index >= 15 is 0 Å². The van der Waals surface area contributed by atoms with Crippen LogP contribution in [0.25, 0.3) is 5.03 Å². The maximum Gasteiger partial charge on any atom is 0.0963 e. The summed E-state index contributed by atoms with van der Waals surface area (Å²) in [6, 6.07) is 4.27. The zero-order valence-electron chi connectivity index (χ0n) is 9.01. The Hall–Kier alpha value is -0.780. The first-order valence-electron chi connectivity index (χ1n) is 5.10. The van der Waals surface area contributed by atoms with Crippen LogP contribution in [0, 0.1) is 11.3 Å². The van der Waals surface area contributed by atoms with E-state index in [1.807, 2.05) is 5.38 Å². The molecule has 0 aliphatic rings. The molecular formula is C12H14ClNS. The van der Waals surface area contributed by atoms with Gasteiger partial charge in [0.1, 0.15) is 0 Å². The molecule has 15 heavy (non-hydrogen) atoms. The quantitative estimate of drug-likeness (QED) is 0.706. The minimum absolute atomic E-state index is 0.645. The number of hydrogen-bond donors (Lipinski definition) is 0. The highest BCUT2D eigenvalue weighted by molar-refractivity contribution is 7.12. The number of thiophene rings is 1. The Bertz CT molecular complexity index is 398. The van der Waals surface area contributed by atoms with Crippen LogP contribution >= 0.6 is 22.9 Å². The summed E-state index contributed by atoms with van der Waals surface area (Å²) in [6.07, 6.45) is 2.67. The highest BCUT2D eigenvalue weighted by atomic mass is 35.5. The highest BCUT2D eigenvalue weighted by Gasteiger charge is 2.11. The summed E-state index contributed by atoms with van der Waals surface area (Å²) in [4.78, 5) is 1.06.